The van der Waals surface area contributed by atoms with E-state index in [1.807, 2.05) is 6.92 Å². The van der Waals surface area contributed by atoms with Gasteiger partial charge in [0.2, 0.25) is 0 Å². The van der Waals surface area contributed by atoms with E-state index in [-0.39, 0.29) is 0 Å². The second-order valence-electron chi connectivity index (χ2n) is 4.14. The van der Waals surface area contributed by atoms with Gasteiger partial charge in [0.15, 0.2) is 0 Å². The van der Waals surface area contributed by atoms with Gasteiger partial charge in [0.1, 0.15) is 0 Å². The minimum absolute atomic E-state index is 0.610. The Kier molecular flexibility index (Phi) is 4.77. The van der Waals surface area contributed by atoms with E-state index in [9.17, 15) is 5.11 Å². The maximum Gasteiger partial charge on any atom is 0.0689 e. The van der Waals surface area contributed by atoms with Crippen molar-refractivity contribution in [3.63, 3.8) is 0 Å². The molecule has 0 aliphatic rings. The molecule has 0 saturated carbocycles. The maximum absolute atomic E-state index is 10.1. The molecule has 1 N–H and O–H groups in total. The fraction of sp³-hybridized carbons (Fsp3) is 0.667. The van der Waals surface area contributed by atoms with Crippen molar-refractivity contribution in [3.8, 4) is 0 Å². The molecule has 1 aromatic rings. The van der Waals surface area contributed by atoms with Crippen molar-refractivity contribution in [2.24, 2.45) is 0 Å². The average Bonchev–Trinajstić information content (AvgIpc) is 2.62. The molecular formula is C12H20O2S. The number of rotatable bonds is 6. The molecule has 0 radical (unpaired) electrons. The SMILES string of the molecule is CCc1ccc(CC(C)(O)CCOC)s1. The summed E-state index contributed by atoms with van der Waals surface area (Å²) < 4.78 is 4.99. The molecule has 2 nitrogen and oxygen atoms in total. The molecule has 0 spiro atoms. The van der Waals surface area contributed by atoms with Crippen LogP contribution < -0.4 is 0 Å². The predicted molar refractivity (Wildman–Crippen MR) is 64.5 cm³/mol. The molecule has 3 heteroatoms. The third-order valence-corrected chi connectivity index (χ3v) is 3.70. The van der Waals surface area contributed by atoms with Crippen LogP contribution in [0.25, 0.3) is 0 Å². The predicted octanol–water partition coefficient (Wildman–Crippen LogP) is 2.64. The molecule has 15 heavy (non-hydrogen) atoms. The van der Waals surface area contributed by atoms with Gasteiger partial charge in [0.25, 0.3) is 0 Å². The highest BCUT2D eigenvalue weighted by atomic mass is 32.1. The van der Waals surface area contributed by atoms with E-state index in [0.29, 0.717) is 13.0 Å². The van der Waals surface area contributed by atoms with Gasteiger partial charge < -0.3 is 9.84 Å². The highest BCUT2D eigenvalue weighted by molar-refractivity contribution is 7.12. The zero-order chi connectivity index (χ0) is 11.3. The molecule has 0 amide bonds. The standard InChI is InChI=1S/C12H20O2S/c1-4-10-5-6-11(15-10)9-12(2,13)7-8-14-3/h5-6,13H,4,7-9H2,1-3H3. The van der Waals surface area contributed by atoms with Crippen LogP contribution in [0.5, 0.6) is 0 Å². The first-order valence-electron chi connectivity index (χ1n) is 5.36. The van der Waals surface area contributed by atoms with Gasteiger partial charge in [-0.15, -0.1) is 11.3 Å². The quantitative estimate of drug-likeness (QED) is 0.811. The smallest absolute Gasteiger partial charge is 0.0689 e. The van der Waals surface area contributed by atoms with Gasteiger partial charge in [-0.3, -0.25) is 0 Å². The van der Waals surface area contributed by atoms with E-state index < -0.39 is 5.60 Å². The summed E-state index contributed by atoms with van der Waals surface area (Å²) in [7, 11) is 1.66. The van der Waals surface area contributed by atoms with E-state index in [1.165, 1.54) is 9.75 Å². The summed E-state index contributed by atoms with van der Waals surface area (Å²) in [5, 5.41) is 10.1. The second-order valence-corrected chi connectivity index (χ2v) is 5.39. The maximum atomic E-state index is 10.1. The van der Waals surface area contributed by atoms with Gasteiger partial charge in [-0.2, -0.15) is 0 Å². The Balaban J connectivity index is 2.52. The van der Waals surface area contributed by atoms with Gasteiger partial charge >= 0.3 is 0 Å². The highest BCUT2D eigenvalue weighted by Crippen LogP contribution is 2.23. The largest absolute Gasteiger partial charge is 0.390 e. The van der Waals surface area contributed by atoms with Crippen LogP contribution in [-0.2, 0) is 17.6 Å². The number of ether oxygens (including phenoxy) is 1. The van der Waals surface area contributed by atoms with E-state index in [1.54, 1.807) is 18.4 Å². The summed E-state index contributed by atoms with van der Waals surface area (Å²) >= 11 is 1.79. The van der Waals surface area contributed by atoms with Crippen LogP contribution in [0.1, 0.15) is 30.0 Å². The van der Waals surface area contributed by atoms with Crippen LogP contribution in [0.4, 0.5) is 0 Å². The van der Waals surface area contributed by atoms with E-state index in [2.05, 4.69) is 19.1 Å². The highest BCUT2D eigenvalue weighted by Gasteiger charge is 2.21. The molecule has 1 rings (SSSR count). The number of hydrogen-bond acceptors (Lipinski definition) is 3. The minimum Gasteiger partial charge on any atom is -0.390 e. The Bertz CT molecular complexity index is 292. The third-order valence-electron chi connectivity index (χ3n) is 2.47. The van der Waals surface area contributed by atoms with E-state index in [0.717, 1.165) is 12.8 Å². The summed E-state index contributed by atoms with van der Waals surface area (Å²) in [6.45, 7) is 4.63. The summed E-state index contributed by atoms with van der Waals surface area (Å²) in [5.41, 5.74) is -0.647. The molecule has 0 saturated heterocycles. The van der Waals surface area contributed by atoms with Crippen molar-refractivity contribution in [1.29, 1.82) is 0 Å². The lowest BCUT2D eigenvalue weighted by Crippen LogP contribution is -2.28. The van der Waals surface area contributed by atoms with Gasteiger partial charge in [-0.25, -0.2) is 0 Å². The summed E-state index contributed by atoms with van der Waals surface area (Å²) in [6.07, 6.45) is 2.48. The van der Waals surface area contributed by atoms with Crippen LogP contribution in [0.15, 0.2) is 12.1 Å². The lowest BCUT2D eigenvalue weighted by Gasteiger charge is -2.21. The molecule has 0 fully saturated rings. The Morgan fingerprint density at radius 2 is 2.07 bits per heavy atom. The lowest BCUT2D eigenvalue weighted by atomic mass is 9.98. The van der Waals surface area contributed by atoms with Crippen molar-refractivity contribution in [2.45, 2.75) is 38.7 Å². The zero-order valence-electron chi connectivity index (χ0n) is 9.75. The summed E-state index contributed by atoms with van der Waals surface area (Å²) in [4.78, 5) is 2.64. The van der Waals surface area contributed by atoms with Crippen LogP contribution in [0.3, 0.4) is 0 Å². The fourth-order valence-electron chi connectivity index (χ4n) is 1.49. The summed E-state index contributed by atoms with van der Waals surface area (Å²) in [5.74, 6) is 0. The fourth-order valence-corrected chi connectivity index (χ4v) is 2.63. The van der Waals surface area contributed by atoms with Gasteiger partial charge in [-0.1, -0.05) is 6.92 Å². The first-order valence-corrected chi connectivity index (χ1v) is 6.18. The Hall–Kier alpha value is -0.380. The first-order chi connectivity index (χ1) is 7.07. The van der Waals surface area contributed by atoms with E-state index >= 15 is 0 Å². The molecule has 0 bridgehead atoms. The molecule has 0 aromatic carbocycles. The van der Waals surface area contributed by atoms with Crippen LogP contribution in [-0.4, -0.2) is 24.4 Å². The molecular weight excluding hydrogens is 208 g/mol. The van der Waals surface area contributed by atoms with Crippen LogP contribution in [0, 0.1) is 0 Å². The molecule has 1 atom stereocenters. The van der Waals surface area contributed by atoms with Crippen molar-refractivity contribution < 1.29 is 9.84 Å². The zero-order valence-corrected chi connectivity index (χ0v) is 10.6. The lowest BCUT2D eigenvalue weighted by molar-refractivity contribution is 0.0256. The Morgan fingerprint density at radius 3 is 2.60 bits per heavy atom. The second kappa shape index (κ2) is 5.64. The third kappa shape index (κ3) is 4.33. The van der Waals surface area contributed by atoms with Gasteiger partial charge in [0, 0.05) is 29.9 Å². The number of hydrogen-bond donors (Lipinski definition) is 1. The van der Waals surface area contributed by atoms with Crippen molar-refractivity contribution >= 4 is 11.3 Å². The Labute approximate surface area is 95.9 Å². The topological polar surface area (TPSA) is 29.5 Å². The van der Waals surface area contributed by atoms with Crippen molar-refractivity contribution in [3.05, 3.63) is 21.9 Å². The normalized spacial score (nSPS) is 15.2. The number of aryl methyl sites for hydroxylation is 1. The Morgan fingerprint density at radius 1 is 1.40 bits per heavy atom. The van der Waals surface area contributed by atoms with Crippen molar-refractivity contribution in [2.75, 3.05) is 13.7 Å². The van der Waals surface area contributed by atoms with Gasteiger partial charge in [0.05, 0.1) is 5.60 Å². The van der Waals surface area contributed by atoms with Gasteiger partial charge in [-0.05, 0) is 31.9 Å². The van der Waals surface area contributed by atoms with Crippen molar-refractivity contribution in [1.82, 2.24) is 0 Å². The molecule has 86 valence electrons. The minimum atomic E-state index is -0.647. The molecule has 0 aliphatic heterocycles. The summed E-state index contributed by atoms with van der Waals surface area (Å²) in [6, 6.07) is 4.26. The number of methoxy groups -OCH3 is 1. The monoisotopic (exact) mass is 228 g/mol. The molecule has 1 aromatic heterocycles. The number of aliphatic hydroxyl groups is 1. The molecule has 1 heterocycles. The number of thiophene rings is 1. The van der Waals surface area contributed by atoms with E-state index in [4.69, 9.17) is 4.74 Å². The molecule has 1 unspecified atom stereocenters. The van der Waals surface area contributed by atoms with Crippen LogP contribution in [0.2, 0.25) is 0 Å². The average molecular weight is 228 g/mol. The first kappa shape index (κ1) is 12.7. The molecule has 0 aliphatic carbocycles. The van der Waals surface area contributed by atoms with Crippen LogP contribution >= 0.6 is 11.3 Å².